The maximum Gasteiger partial charge on any atom is 0.306 e. The molecule has 0 amide bonds. The van der Waals surface area contributed by atoms with E-state index >= 15 is 0 Å². The van der Waals surface area contributed by atoms with Gasteiger partial charge >= 0.3 is 11.9 Å². The Morgan fingerprint density at radius 3 is 1.23 bits per heavy atom. The molecule has 0 saturated carbocycles. The molecule has 0 bridgehead atoms. The fourth-order valence-electron chi connectivity index (χ4n) is 6.06. The lowest BCUT2D eigenvalue weighted by Crippen LogP contribution is -2.28. The third kappa shape index (κ3) is 40.4. The van der Waals surface area contributed by atoms with Crippen LogP contribution in [0.4, 0.5) is 0 Å². The van der Waals surface area contributed by atoms with E-state index in [1.165, 1.54) is 116 Å². The Hall–Kier alpha value is -2.40. The van der Waals surface area contributed by atoms with Crippen LogP contribution in [0.25, 0.3) is 0 Å². The Labute approximate surface area is 321 Å². The summed E-state index contributed by atoms with van der Waals surface area (Å²) in [5.74, 6) is -0.655. The summed E-state index contributed by atoms with van der Waals surface area (Å²) < 4.78 is 10.6. The largest absolute Gasteiger partial charge is 0.462 e. The topological polar surface area (TPSA) is 72.8 Å². The minimum Gasteiger partial charge on any atom is -0.462 e. The lowest BCUT2D eigenvalue weighted by atomic mass is 10.0. The summed E-state index contributed by atoms with van der Waals surface area (Å²) in [4.78, 5) is 24.3. The highest BCUT2D eigenvalue weighted by Gasteiger charge is 2.16. The molecule has 1 N–H and O–H groups in total. The number of hydrogen-bond donors (Lipinski definition) is 1. The number of unbranched alkanes of at least 4 members (excludes halogenated alkanes) is 21. The van der Waals surface area contributed by atoms with Gasteiger partial charge in [0.15, 0.2) is 6.10 Å². The summed E-state index contributed by atoms with van der Waals surface area (Å²) in [6, 6.07) is 0. The molecular formula is C47H82O5. The fraction of sp³-hybridized carbons (Fsp3) is 0.745. The van der Waals surface area contributed by atoms with Crippen LogP contribution in [0.2, 0.25) is 0 Å². The van der Waals surface area contributed by atoms with Crippen LogP contribution in [-0.2, 0) is 19.1 Å². The molecule has 300 valence electrons. The predicted molar refractivity (Wildman–Crippen MR) is 223 cm³/mol. The van der Waals surface area contributed by atoms with Gasteiger partial charge in [-0.1, -0.05) is 203 Å². The van der Waals surface area contributed by atoms with Crippen molar-refractivity contribution < 1.29 is 24.2 Å². The number of ether oxygens (including phenoxy) is 2. The molecule has 5 heteroatoms. The zero-order chi connectivity index (χ0) is 37.8. The number of hydrogen-bond acceptors (Lipinski definition) is 5. The predicted octanol–water partition coefficient (Wildman–Crippen LogP) is 14.0. The first-order valence-electron chi connectivity index (χ1n) is 21.8. The molecule has 0 aromatic carbocycles. The second-order valence-corrected chi connectivity index (χ2v) is 14.4. The molecule has 0 radical (unpaired) electrons. The molecular weight excluding hydrogens is 645 g/mol. The van der Waals surface area contributed by atoms with Gasteiger partial charge in [-0.3, -0.25) is 9.59 Å². The van der Waals surface area contributed by atoms with Crippen molar-refractivity contribution in [2.24, 2.45) is 0 Å². The highest BCUT2D eigenvalue weighted by Crippen LogP contribution is 2.15. The molecule has 5 nitrogen and oxygen atoms in total. The molecule has 52 heavy (non-hydrogen) atoms. The molecule has 1 unspecified atom stereocenters. The maximum absolute atomic E-state index is 12.2. The van der Waals surface area contributed by atoms with Gasteiger partial charge in [-0.25, -0.2) is 0 Å². The minimum absolute atomic E-state index is 0.0952. The van der Waals surface area contributed by atoms with E-state index < -0.39 is 6.10 Å². The number of rotatable bonds is 39. The van der Waals surface area contributed by atoms with Crippen molar-refractivity contribution in [3.63, 3.8) is 0 Å². The van der Waals surface area contributed by atoms with Crippen LogP contribution in [0.5, 0.6) is 0 Å². The van der Waals surface area contributed by atoms with Gasteiger partial charge < -0.3 is 14.6 Å². The normalized spacial score (nSPS) is 12.8. The fourth-order valence-corrected chi connectivity index (χ4v) is 6.06. The summed E-state index contributed by atoms with van der Waals surface area (Å²) in [5, 5.41) is 9.57. The van der Waals surface area contributed by atoms with E-state index in [9.17, 15) is 14.7 Å². The van der Waals surface area contributed by atoms with E-state index in [1.807, 2.05) is 0 Å². The molecule has 0 aromatic rings. The molecule has 1 atom stereocenters. The average Bonchev–Trinajstić information content (AvgIpc) is 3.15. The minimum atomic E-state index is -0.794. The smallest absolute Gasteiger partial charge is 0.306 e. The van der Waals surface area contributed by atoms with E-state index in [0.717, 1.165) is 57.8 Å². The van der Waals surface area contributed by atoms with Crippen molar-refractivity contribution in [3.05, 3.63) is 60.8 Å². The van der Waals surface area contributed by atoms with Crippen LogP contribution in [0.1, 0.15) is 206 Å². The maximum atomic E-state index is 12.2. The summed E-state index contributed by atoms with van der Waals surface area (Å²) in [6.45, 7) is 3.99. The van der Waals surface area contributed by atoms with Gasteiger partial charge in [-0.15, -0.1) is 0 Å². The number of aliphatic hydroxyl groups is 1. The lowest BCUT2D eigenvalue weighted by molar-refractivity contribution is -0.161. The van der Waals surface area contributed by atoms with E-state index in [2.05, 4.69) is 74.6 Å². The number of allylic oxidation sites excluding steroid dienone is 10. The van der Waals surface area contributed by atoms with Crippen LogP contribution in [0.3, 0.4) is 0 Å². The van der Waals surface area contributed by atoms with Gasteiger partial charge in [0.25, 0.3) is 0 Å². The van der Waals surface area contributed by atoms with Gasteiger partial charge in [0.1, 0.15) is 6.61 Å². The van der Waals surface area contributed by atoms with Crippen molar-refractivity contribution in [2.75, 3.05) is 13.2 Å². The Morgan fingerprint density at radius 1 is 0.462 bits per heavy atom. The lowest BCUT2D eigenvalue weighted by Gasteiger charge is -2.15. The summed E-state index contributed by atoms with van der Waals surface area (Å²) in [7, 11) is 0. The molecule has 0 aliphatic rings. The van der Waals surface area contributed by atoms with Crippen LogP contribution in [0, 0.1) is 0 Å². The molecule has 0 spiro atoms. The van der Waals surface area contributed by atoms with Crippen molar-refractivity contribution in [3.8, 4) is 0 Å². The van der Waals surface area contributed by atoms with Crippen LogP contribution < -0.4 is 0 Å². The quantitative estimate of drug-likeness (QED) is 0.0388. The van der Waals surface area contributed by atoms with Gasteiger partial charge in [0.2, 0.25) is 0 Å². The number of carbonyl (C=O) groups excluding carboxylic acids is 2. The summed E-state index contributed by atoms with van der Waals surface area (Å²) in [5.41, 5.74) is 0. The molecule has 0 aliphatic heterocycles. The number of aliphatic hydroxyl groups excluding tert-OH is 1. The molecule has 0 heterocycles. The highest BCUT2D eigenvalue weighted by molar-refractivity contribution is 5.70. The van der Waals surface area contributed by atoms with Crippen molar-refractivity contribution >= 4 is 11.9 Å². The molecule has 0 aliphatic carbocycles. The number of carbonyl (C=O) groups is 2. The molecule has 0 aromatic heterocycles. The third-order valence-electron chi connectivity index (χ3n) is 9.33. The third-order valence-corrected chi connectivity index (χ3v) is 9.33. The van der Waals surface area contributed by atoms with E-state index in [1.54, 1.807) is 0 Å². The summed E-state index contributed by atoms with van der Waals surface area (Å²) in [6.07, 6.45) is 55.9. The SMILES string of the molecule is CCC=CCC=CCC=CCC=CCC=CCCCC(=O)OCC(CO)OC(=O)CCCCCCCCCCCCCCCCCCCCCCC. The van der Waals surface area contributed by atoms with E-state index in [-0.39, 0.29) is 25.2 Å². The van der Waals surface area contributed by atoms with Crippen LogP contribution in [-0.4, -0.2) is 36.4 Å². The van der Waals surface area contributed by atoms with Crippen molar-refractivity contribution in [1.82, 2.24) is 0 Å². The Bertz CT molecular complexity index is 915. The molecule has 0 rings (SSSR count). The molecule has 0 saturated heterocycles. The Balaban J connectivity index is 3.59. The molecule has 0 fully saturated rings. The zero-order valence-electron chi connectivity index (χ0n) is 34.1. The second-order valence-electron chi connectivity index (χ2n) is 14.4. The van der Waals surface area contributed by atoms with Crippen molar-refractivity contribution in [1.29, 1.82) is 0 Å². The van der Waals surface area contributed by atoms with Gasteiger partial charge in [0, 0.05) is 12.8 Å². The first-order valence-corrected chi connectivity index (χ1v) is 21.8. The highest BCUT2D eigenvalue weighted by atomic mass is 16.6. The van der Waals surface area contributed by atoms with Gasteiger partial charge in [-0.2, -0.15) is 0 Å². The zero-order valence-corrected chi connectivity index (χ0v) is 34.1. The average molecular weight is 727 g/mol. The Kier molecular flexibility index (Phi) is 41.0. The summed E-state index contributed by atoms with van der Waals surface area (Å²) >= 11 is 0. The Morgan fingerprint density at radius 2 is 0.827 bits per heavy atom. The van der Waals surface area contributed by atoms with Gasteiger partial charge in [0.05, 0.1) is 6.61 Å². The van der Waals surface area contributed by atoms with E-state index in [4.69, 9.17) is 9.47 Å². The van der Waals surface area contributed by atoms with Crippen LogP contribution in [0.15, 0.2) is 60.8 Å². The van der Waals surface area contributed by atoms with Crippen molar-refractivity contribution in [2.45, 2.75) is 213 Å². The second kappa shape index (κ2) is 43.0. The first kappa shape index (κ1) is 49.6. The van der Waals surface area contributed by atoms with Crippen LogP contribution >= 0.6 is 0 Å². The standard InChI is InChI=1S/C47H82O5/c1-3-5-7-9-11-13-15-17-19-21-22-23-24-26-28-30-32-34-36-38-40-42-47(50)52-45(43-48)44-51-46(49)41-39-37-35-33-31-29-27-25-20-18-16-14-12-10-8-6-4-2/h6,8,12,14,18,20,27,29,33,35,45,48H,3-5,7,9-11,13,15-17,19,21-26,28,30-32,34,36-44H2,1-2H3. The first-order chi connectivity index (χ1) is 25.6. The van der Waals surface area contributed by atoms with E-state index in [0.29, 0.717) is 19.3 Å². The number of esters is 2. The monoisotopic (exact) mass is 727 g/mol. The van der Waals surface area contributed by atoms with Gasteiger partial charge in [-0.05, 0) is 51.4 Å².